The summed E-state index contributed by atoms with van der Waals surface area (Å²) in [6.07, 6.45) is -10.8. The first-order valence-corrected chi connectivity index (χ1v) is 10.8. The second kappa shape index (κ2) is 13.1. The number of rotatable bonds is 6. The van der Waals surface area contributed by atoms with E-state index in [1.54, 1.807) is 0 Å². The van der Waals surface area contributed by atoms with E-state index in [0.717, 1.165) is 0 Å². The summed E-state index contributed by atoms with van der Waals surface area (Å²) in [4.78, 5) is 0. The van der Waals surface area contributed by atoms with Crippen molar-refractivity contribution in [2.45, 2.75) is 98.4 Å². The molecule has 14 atom stereocenters. The molecular formula is C18H41N5O11. The number of hydrogen-bond donors (Lipinski definition) is 10. The second-order valence-electron chi connectivity index (χ2n) is 8.78. The van der Waals surface area contributed by atoms with E-state index in [1.165, 1.54) is 0 Å². The highest BCUT2D eigenvalue weighted by molar-refractivity contribution is 5.01. The van der Waals surface area contributed by atoms with Gasteiger partial charge in [0.1, 0.15) is 36.6 Å². The molecule has 19 N–H and O–H groups in total. The van der Waals surface area contributed by atoms with Crippen molar-refractivity contribution in [2.75, 3.05) is 13.2 Å². The van der Waals surface area contributed by atoms with Crippen molar-refractivity contribution in [1.29, 1.82) is 0 Å². The molecule has 0 radical (unpaired) electrons. The maximum Gasteiger partial charge on any atom is 0.186 e. The van der Waals surface area contributed by atoms with Gasteiger partial charge in [-0.25, -0.2) is 0 Å². The Balaban J connectivity index is 0.00000289. The predicted octanol–water partition coefficient (Wildman–Crippen LogP) is -7.95. The lowest BCUT2D eigenvalue weighted by Crippen LogP contribution is -2.68. The third kappa shape index (κ3) is 6.37. The zero-order chi connectivity index (χ0) is 23.7. The molecule has 204 valence electrons. The van der Waals surface area contributed by atoms with Gasteiger partial charge in [0, 0.05) is 18.6 Å². The number of aliphatic hydroxyl groups is 5. The molecule has 16 heteroatoms. The molecule has 2 saturated heterocycles. The first-order valence-electron chi connectivity index (χ1n) is 10.8. The van der Waals surface area contributed by atoms with Crippen LogP contribution in [0.4, 0.5) is 0 Å². The predicted molar refractivity (Wildman–Crippen MR) is 116 cm³/mol. The molecule has 3 rings (SSSR count). The number of aliphatic hydroxyl groups excluding tert-OH is 5. The molecule has 34 heavy (non-hydrogen) atoms. The number of ether oxygens (including phenoxy) is 4. The molecule has 0 aromatic carbocycles. The average Bonchev–Trinajstić information content (AvgIpc) is 2.75. The van der Waals surface area contributed by atoms with Crippen molar-refractivity contribution in [3.05, 3.63) is 0 Å². The van der Waals surface area contributed by atoms with Gasteiger partial charge in [0.15, 0.2) is 12.6 Å². The highest BCUT2D eigenvalue weighted by Gasteiger charge is 2.50. The Bertz CT molecular complexity index is 611. The third-order valence-corrected chi connectivity index (χ3v) is 6.41. The van der Waals surface area contributed by atoms with E-state index in [0.29, 0.717) is 0 Å². The van der Waals surface area contributed by atoms with Gasteiger partial charge < -0.3 is 84.1 Å². The van der Waals surface area contributed by atoms with Crippen LogP contribution >= 0.6 is 0 Å². The van der Waals surface area contributed by atoms with E-state index in [9.17, 15) is 25.5 Å². The van der Waals surface area contributed by atoms with Crippen LogP contribution in [-0.4, -0.2) is 135 Å². The fraction of sp³-hybridized carbons (Fsp3) is 1.00. The molecule has 2 heterocycles. The van der Waals surface area contributed by atoms with Crippen LogP contribution in [0.5, 0.6) is 0 Å². The molecule has 0 unspecified atom stereocenters. The van der Waals surface area contributed by atoms with Crippen LogP contribution in [-0.2, 0) is 18.9 Å². The van der Waals surface area contributed by atoms with Crippen molar-refractivity contribution >= 4 is 0 Å². The third-order valence-electron chi connectivity index (χ3n) is 6.41. The largest absolute Gasteiger partial charge is 0.412 e. The number of hydrogen-bond acceptors (Lipinski definition) is 14. The zero-order valence-corrected chi connectivity index (χ0v) is 18.7. The van der Waals surface area contributed by atoms with Gasteiger partial charge in [0.05, 0.1) is 30.9 Å². The lowest BCUT2D eigenvalue weighted by Gasteiger charge is -2.47. The fourth-order valence-corrected chi connectivity index (χ4v) is 4.43. The summed E-state index contributed by atoms with van der Waals surface area (Å²) < 4.78 is 22.7. The average molecular weight is 504 g/mol. The topological polar surface area (TPSA) is 331 Å². The molecule has 0 bridgehead atoms. The van der Waals surface area contributed by atoms with Gasteiger partial charge in [-0.3, -0.25) is 0 Å². The Labute approximate surface area is 196 Å². The van der Waals surface area contributed by atoms with E-state index in [2.05, 4.69) is 0 Å². The minimum atomic E-state index is -1.44. The van der Waals surface area contributed by atoms with Gasteiger partial charge in [-0.2, -0.15) is 0 Å². The van der Waals surface area contributed by atoms with Crippen molar-refractivity contribution in [3.8, 4) is 0 Å². The standard InChI is InChI=1S/C18H37N5O9.2H2O/c19-3-9-8(25)2-7(22)17(29-9)31-15-5(20)1-6(21)16(14(15)28)32-18-13(27)11(23)12(26)10(4-24)30-18;;/h5-18,24-28H,1-4,19-23H2;2*1H2/t5-,6+,7+,8-,9+,10+,11-,12+,13+,14-,15+,16-,17+,18+;;/m0../s1. The Hall–Kier alpha value is -0.640. The highest BCUT2D eigenvalue weighted by Crippen LogP contribution is 2.30. The van der Waals surface area contributed by atoms with Crippen LogP contribution in [0.1, 0.15) is 12.8 Å². The van der Waals surface area contributed by atoms with E-state index in [-0.39, 0.29) is 30.3 Å². The van der Waals surface area contributed by atoms with Crippen LogP contribution in [0.3, 0.4) is 0 Å². The second-order valence-corrected chi connectivity index (χ2v) is 8.78. The Morgan fingerprint density at radius 1 is 0.706 bits per heavy atom. The molecular weight excluding hydrogens is 462 g/mol. The molecule has 3 fully saturated rings. The molecule has 0 amide bonds. The summed E-state index contributed by atoms with van der Waals surface area (Å²) in [7, 11) is 0. The molecule has 1 saturated carbocycles. The van der Waals surface area contributed by atoms with Crippen molar-refractivity contribution in [3.63, 3.8) is 0 Å². The molecule has 1 aliphatic carbocycles. The van der Waals surface area contributed by atoms with Crippen molar-refractivity contribution in [2.24, 2.45) is 28.7 Å². The van der Waals surface area contributed by atoms with E-state index in [4.69, 9.17) is 47.6 Å². The lowest BCUT2D eigenvalue weighted by molar-refractivity contribution is -0.314. The Morgan fingerprint density at radius 2 is 1.24 bits per heavy atom. The van der Waals surface area contributed by atoms with E-state index in [1.807, 2.05) is 0 Å². The molecule has 3 aliphatic rings. The van der Waals surface area contributed by atoms with E-state index >= 15 is 0 Å². The van der Waals surface area contributed by atoms with E-state index < -0.39 is 92.2 Å². The van der Waals surface area contributed by atoms with Gasteiger partial charge in [-0.15, -0.1) is 0 Å². The Morgan fingerprint density at radius 3 is 1.76 bits per heavy atom. The lowest BCUT2D eigenvalue weighted by atomic mass is 9.84. The van der Waals surface area contributed by atoms with Crippen LogP contribution in [0.15, 0.2) is 0 Å². The van der Waals surface area contributed by atoms with Crippen LogP contribution in [0.2, 0.25) is 0 Å². The number of nitrogens with two attached hydrogens (primary N) is 5. The smallest absolute Gasteiger partial charge is 0.186 e. The monoisotopic (exact) mass is 503 g/mol. The van der Waals surface area contributed by atoms with Crippen LogP contribution in [0, 0.1) is 0 Å². The quantitative estimate of drug-likeness (QED) is 0.161. The summed E-state index contributed by atoms with van der Waals surface area (Å²) in [5.41, 5.74) is 29.8. The summed E-state index contributed by atoms with van der Waals surface area (Å²) >= 11 is 0. The van der Waals surface area contributed by atoms with Crippen molar-refractivity contribution < 1.29 is 55.4 Å². The van der Waals surface area contributed by atoms with Crippen LogP contribution in [0.25, 0.3) is 0 Å². The molecule has 2 aliphatic heterocycles. The van der Waals surface area contributed by atoms with Crippen molar-refractivity contribution in [1.82, 2.24) is 0 Å². The fourth-order valence-electron chi connectivity index (χ4n) is 4.43. The first-order chi connectivity index (χ1) is 15.1. The van der Waals surface area contributed by atoms with Gasteiger partial charge >= 0.3 is 0 Å². The van der Waals surface area contributed by atoms with Gasteiger partial charge in [0.2, 0.25) is 0 Å². The van der Waals surface area contributed by atoms with Gasteiger partial charge in [0.25, 0.3) is 0 Å². The summed E-state index contributed by atoms with van der Waals surface area (Å²) in [5.74, 6) is 0. The minimum Gasteiger partial charge on any atom is -0.412 e. The molecule has 0 aromatic heterocycles. The summed E-state index contributed by atoms with van der Waals surface area (Å²) in [5, 5.41) is 50.7. The van der Waals surface area contributed by atoms with Gasteiger partial charge in [-0.05, 0) is 12.8 Å². The van der Waals surface area contributed by atoms with Gasteiger partial charge in [-0.1, -0.05) is 0 Å². The first kappa shape index (κ1) is 31.4. The Kier molecular flexibility index (Phi) is 12.1. The van der Waals surface area contributed by atoms with Crippen LogP contribution < -0.4 is 28.7 Å². The zero-order valence-electron chi connectivity index (χ0n) is 18.7. The molecule has 16 nitrogen and oxygen atoms in total. The SMILES string of the molecule is NC[C@H]1O[C@H](O[C@H]2[C@H](O)[C@@H](O[C@H]3O[C@H](CO)[C@@H](O)[C@H](N)[C@H]3O)[C@H](N)C[C@@H]2N)[C@H](N)C[C@@H]1O.O.O. The molecule has 0 aromatic rings. The maximum absolute atomic E-state index is 11.0. The maximum atomic E-state index is 11.0. The minimum absolute atomic E-state index is 0. The summed E-state index contributed by atoms with van der Waals surface area (Å²) in [6, 6.07) is -3.27. The summed E-state index contributed by atoms with van der Waals surface area (Å²) in [6.45, 7) is -0.499. The molecule has 0 spiro atoms. The highest BCUT2D eigenvalue weighted by atomic mass is 16.7. The normalized spacial score (nSPS) is 49.6.